The van der Waals surface area contributed by atoms with Crippen molar-refractivity contribution in [1.29, 1.82) is 5.41 Å². The Kier molecular flexibility index (Phi) is 18.0. The van der Waals surface area contributed by atoms with Crippen molar-refractivity contribution in [2.75, 3.05) is 33.3 Å². The van der Waals surface area contributed by atoms with Gasteiger partial charge in [0.05, 0.1) is 25.0 Å². The Morgan fingerprint density at radius 2 is 1.47 bits per heavy atom. The summed E-state index contributed by atoms with van der Waals surface area (Å²) in [6, 6.07) is 6.00. The summed E-state index contributed by atoms with van der Waals surface area (Å²) in [5, 5.41) is 24.3. The highest BCUT2D eigenvalue weighted by atomic mass is 32.2. The van der Waals surface area contributed by atoms with Crippen LogP contribution in [0.1, 0.15) is 95.9 Å². The molecule has 6 amide bonds. The number of ether oxygens (including phenoxy) is 3. The smallest absolute Gasteiger partial charge is 0.410 e. The van der Waals surface area contributed by atoms with Crippen LogP contribution in [-0.4, -0.2) is 129 Å². The number of piperidine rings is 1. The summed E-state index contributed by atoms with van der Waals surface area (Å²) >= 11 is 0. The Hall–Kier alpha value is -6.45. The SMILES string of the molecule is COc1cc(C)c(S(=O)(=O)NC(=N)NCCC[C@@H]2NC(=O)C3(CCN(C(=O)OC(C)(C)C)CC3)NC(=O)[C@@H](Cc3ccccc3)NC(=O)[C@H](CC(=O)OC(C)(C)C)NC(=O)CNC2=O)c(C)c1C. The lowest BCUT2D eigenvalue weighted by molar-refractivity contribution is -0.156. The summed E-state index contributed by atoms with van der Waals surface area (Å²) in [6.07, 6.45) is -1.68. The second kappa shape index (κ2) is 22.6. The summed E-state index contributed by atoms with van der Waals surface area (Å²) in [5.74, 6) is -5.10. The first-order chi connectivity index (χ1) is 31.6. The molecule has 2 saturated heterocycles. The number of nitrogens with zero attached hydrogens (tertiary/aromatic N) is 1. The third-order valence-corrected chi connectivity index (χ3v) is 12.8. The first-order valence-electron chi connectivity index (χ1n) is 22.4. The van der Waals surface area contributed by atoms with Gasteiger partial charge in [-0.2, -0.15) is 0 Å². The molecule has 374 valence electrons. The van der Waals surface area contributed by atoms with Crippen LogP contribution in [0.4, 0.5) is 4.79 Å². The van der Waals surface area contributed by atoms with Crippen LogP contribution in [0.5, 0.6) is 5.75 Å². The van der Waals surface area contributed by atoms with Gasteiger partial charge in [-0.3, -0.25) is 34.2 Å². The summed E-state index contributed by atoms with van der Waals surface area (Å²) in [7, 11) is -2.75. The number of likely N-dealkylation sites (tertiary alicyclic amines) is 1. The normalized spacial score (nSPS) is 19.7. The number of carbonyl (C=O) groups is 7. The molecule has 68 heavy (non-hydrogen) atoms. The number of hydrogen-bond donors (Lipinski definition) is 8. The molecule has 22 heteroatoms. The average Bonchev–Trinajstić information content (AvgIpc) is 3.23. The van der Waals surface area contributed by atoms with Crippen LogP contribution < -0.4 is 41.4 Å². The van der Waals surface area contributed by atoms with Gasteiger partial charge in [0.2, 0.25) is 35.5 Å². The monoisotopic (exact) mass is 969 g/mol. The van der Waals surface area contributed by atoms with Gasteiger partial charge in [0.15, 0.2) is 0 Å². The Balaban J connectivity index is 1.65. The quantitative estimate of drug-likeness (QED) is 0.0689. The fourth-order valence-corrected chi connectivity index (χ4v) is 9.19. The molecule has 3 atom stereocenters. The first kappa shape index (κ1) is 54.2. The predicted octanol–water partition coefficient (Wildman–Crippen LogP) is 1.65. The Morgan fingerprint density at radius 3 is 2.07 bits per heavy atom. The van der Waals surface area contributed by atoms with Crippen LogP contribution in [0.2, 0.25) is 0 Å². The van der Waals surface area contributed by atoms with E-state index in [1.54, 1.807) is 98.7 Å². The molecule has 4 rings (SSSR count). The zero-order valence-corrected chi connectivity index (χ0v) is 41.3. The third kappa shape index (κ3) is 15.3. The molecule has 0 aromatic heterocycles. The van der Waals surface area contributed by atoms with Gasteiger partial charge < -0.3 is 51.0 Å². The molecule has 1 spiro atoms. The highest BCUT2D eigenvalue weighted by Gasteiger charge is 2.47. The van der Waals surface area contributed by atoms with Crippen molar-refractivity contribution in [2.45, 2.75) is 141 Å². The molecular formula is C46H67N9O12S. The molecule has 2 aliphatic heterocycles. The molecule has 8 N–H and O–H groups in total. The second-order valence-electron chi connectivity index (χ2n) is 19.0. The van der Waals surface area contributed by atoms with Crippen molar-refractivity contribution in [3.8, 4) is 5.75 Å². The Bertz CT molecular complexity index is 2340. The van der Waals surface area contributed by atoms with E-state index in [9.17, 15) is 42.0 Å². The average molecular weight is 970 g/mol. The summed E-state index contributed by atoms with van der Waals surface area (Å²) in [5.41, 5.74) is -1.44. The lowest BCUT2D eigenvalue weighted by Crippen LogP contribution is -2.68. The summed E-state index contributed by atoms with van der Waals surface area (Å²) < 4.78 is 45.5. The fourth-order valence-electron chi connectivity index (χ4n) is 7.71. The number of methoxy groups -OCH3 is 1. The van der Waals surface area contributed by atoms with E-state index in [0.29, 0.717) is 28.0 Å². The van der Waals surface area contributed by atoms with Crippen molar-refractivity contribution in [1.82, 2.24) is 41.5 Å². The van der Waals surface area contributed by atoms with E-state index in [1.807, 2.05) is 0 Å². The molecule has 2 heterocycles. The summed E-state index contributed by atoms with van der Waals surface area (Å²) in [4.78, 5) is 98.1. The van der Waals surface area contributed by atoms with Crippen LogP contribution in [0.25, 0.3) is 0 Å². The van der Waals surface area contributed by atoms with Gasteiger partial charge in [-0.05, 0) is 116 Å². The van der Waals surface area contributed by atoms with Crippen LogP contribution in [-0.2, 0) is 54.7 Å². The van der Waals surface area contributed by atoms with Gasteiger partial charge in [-0.25, -0.2) is 17.9 Å². The number of guanidine groups is 1. The number of nitrogens with one attached hydrogen (secondary N) is 8. The number of hydrogen-bond acceptors (Lipinski definition) is 13. The third-order valence-electron chi connectivity index (χ3n) is 11.1. The number of sulfonamides is 1. The molecule has 0 bridgehead atoms. The van der Waals surface area contributed by atoms with Crippen molar-refractivity contribution in [2.24, 2.45) is 0 Å². The Labute approximate surface area is 397 Å². The molecule has 0 aliphatic carbocycles. The van der Waals surface area contributed by atoms with E-state index in [4.69, 9.17) is 19.6 Å². The number of carbonyl (C=O) groups excluding carboxylic acids is 7. The molecule has 0 saturated carbocycles. The van der Waals surface area contributed by atoms with Crippen LogP contribution in [0.15, 0.2) is 41.3 Å². The van der Waals surface area contributed by atoms with Gasteiger partial charge in [0, 0.05) is 26.1 Å². The zero-order valence-electron chi connectivity index (χ0n) is 40.5. The van der Waals surface area contributed by atoms with E-state index in [2.05, 4.69) is 36.6 Å². The Morgan fingerprint density at radius 1 is 0.838 bits per heavy atom. The van der Waals surface area contributed by atoms with Crippen molar-refractivity contribution in [3.05, 3.63) is 58.7 Å². The second-order valence-corrected chi connectivity index (χ2v) is 20.6. The van der Waals surface area contributed by atoms with Gasteiger partial charge in [-0.15, -0.1) is 0 Å². The highest BCUT2D eigenvalue weighted by Crippen LogP contribution is 2.31. The predicted molar refractivity (Wildman–Crippen MR) is 250 cm³/mol. The van der Waals surface area contributed by atoms with E-state index in [0.717, 1.165) is 0 Å². The van der Waals surface area contributed by atoms with Gasteiger partial charge >= 0.3 is 12.1 Å². The lowest BCUT2D eigenvalue weighted by atomic mass is 9.85. The minimum atomic E-state index is -4.23. The van der Waals surface area contributed by atoms with Crippen molar-refractivity contribution >= 4 is 57.6 Å². The van der Waals surface area contributed by atoms with Gasteiger partial charge in [0.25, 0.3) is 10.0 Å². The molecule has 0 radical (unpaired) electrons. The fraction of sp³-hybridized carbons (Fsp3) is 0.565. The minimum Gasteiger partial charge on any atom is -0.496 e. The lowest BCUT2D eigenvalue weighted by Gasteiger charge is -2.42. The number of aryl methyl sites for hydroxylation is 1. The van der Waals surface area contributed by atoms with Crippen LogP contribution in [0, 0.1) is 26.2 Å². The van der Waals surface area contributed by atoms with E-state index in [-0.39, 0.29) is 56.6 Å². The first-order valence-corrected chi connectivity index (χ1v) is 23.9. The van der Waals surface area contributed by atoms with Crippen LogP contribution >= 0.6 is 0 Å². The minimum absolute atomic E-state index is 0.0122. The van der Waals surface area contributed by atoms with Crippen molar-refractivity contribution in [3.63, 3.8) is 0 Å². The molecule has 2 aromatic rings. The maximum atomic E-state index is 14.7. The topological polar surface area (TPSA) is 293 Å². The highest BCUT2D eigenvalue weighted by molar-refractivity contribution is 7.90. The van der Waals surface area contributed by atoms with Gasteiger partial charge in [0.1, 0.15) is 40.6 Å². The molecule has 21 nitrogen and oxygen atoms in total. The standard InChI is InChI=1S/C46H67N9O12S/c1-27-23-34(65-10)28(2)29(3)37(27)68(63,64)54-42(47)48-20-14-17-31-38(58)49-26-35(56)50-33(25-36(57)66-44(4,5)6)39(59)51-32(24-30-15-12-11-13-16-30)40(60)53-46(41(61)52-31)18-21-55(22-19-46)43(62)67-45(7,8)9/h11-13,15-16,23,31-33H,14,17-22,24-26H2,1-10H3,(H,49,58)(H,50,56)(H,51,59)(H,52,61)(H,53,60)(H3,47,48,54)/t31-,32+,33-/m0/s1. The van der Waals surface area contributed by atoms with E-state index < -0.39 is 105 Å². The number of amides is 6. The molecule has 0 unspecified atom stereocenters. The maximum absolute atomic E-state index is 14.7. The van der Waals surface area contributed by atoms with E-state index >= 15 is 0 Å². The number of benzene rings is 2. The summed E-state index contributed by atoms with van der Waals surface area (Å²) in [6.45, 7) is 14.1. The van der Waals surface area contributed by atoms with Gasteiger partial charge in [-0.1, -0.05) is 30.3 Å². The maximum Gasteiger partial charge on any atom is 0.410 e. The zero-order chi connectivity index (χ0) is 50.8. The van der Waals surface area contributed by atoms with Crippen LogP contribution in [0.3, 0.4) is 0 Å². The molecular weight excluding hydrogens is 903 g/mol. The number of esters is 1. The molecule has 2 aliphatic rings. The van der Waals surface area contributed by atoms with E-state index in [1.165, 1.54) is 12.0 Å². The number of rotatable bonds is 11. The molecule has 2 aromatic carbocycles. The largest absolute Gasteiger partial charge is 0.496 e. The molecule has 2 fully saturated rings. The van der Waals surface area contributed by atoms with Crippen molar-refractivity contribution < 1.29 is 56.2 Å².